The fourth-order valence-corrected chi connectivity index (χ4v) is 1.18. The van der Waals surface area contributed by atoms with E-state index >= 15 is 0 Å². The molecular formula is C13H17N. The third-order valence-corrected chi connectivity index (χ3v) is 2.34. The van der Waals surface area contributed by atoms with Crippen molar-refractivity contribution in [3.05, 3.63) is 35.4 Å². The van der Waals surface area contributed by atoms with E-state index in [-0.39, 0.29) is 5.54 Å². The molecule has 1 aromatic carbocycles. The number of hydrogen-bond acceptors (Lipinski definition) is 1. The van der Waals surface area contributed by atoms with Gasteiger partial charge in [0.25, 0.3) is 0 Å². The summed E-state index contributed by atoms with van der Waals surface area (Å²) in [6, 6.07) is 8.33. The molecule has 0 spiro atoms. The van der Waals surface area contributed by atoms with Crippen LogP contribution in [0.1, 0.15) is 25.0 Å². The SMILES string of the molecule is C#CC(C)(C)NCc1ccccc1C. The summed E-state index contributed by atoms with van der Waals surface area (Å²) in [5.41, 5.74) is 2.37. The van der Waals surface area contributed by atoms with Gasteiger partial charge in [0.15, 0.2) is 0 Å². The molecule has 0 fully saturated rings. The summed E-state index contributed by atoms with van der Waals surface area (Å²) in [6.45, 7) is 6.94. The van der Waals surface area contributed by atoms with Crippen molar-refractivity contribution in [2.45, 2.75) is 32.9 Å². The van der Waals surface area contributed by atoms with Crippen molar-refractivity contribution >= 4 is 0 Å². The van der Waals surface area contributed by atoms with Crippen LogP contribution in [0.5, 0.6) is 0 Å². The molecule has 0 aliphatic heterocycles. The van der Waals surface area contributed by atoms with Crippen molar-refractivity contribution in [1.29, 1.82) is 0 Å². The van der Waals surface area contributed by atoms with Crippen molar-refractivity contribution in [3.8, 4) is 12.3 Å². The zero-order valence-corrected chi connectivity index (χ0v) is 9.09. The maximum Gasteiger partial charge on any atom is 0.0743 e. The minimum Gasteiger partial charge on any atom is -0.297 e. The van der Waals surface area contributed by atoms with Crippen LogP contribution in [0.2, 0.25) is 0 Å². The molecule has 1 rings (SSSR count). The van der Waals surface area contributed by atoms with Crippen LogP contribution in [0.25, 0.3) is 0 Å². The Kier molecular flexibility index (Phi) is 3.33. The van der Waals surface area contributed by atoms with Gasteiger partial charge >= 0.3 is 0 Å². The number of rotatable bonds is 3. The Morgan fingerprint density at radius 3 is 2.57 bits per heavy atom. The van der Waals surface area contributed by atoms with Crippen molar-refractivity contribution < 1.29 is 0 Å². The Labute approximate surface area is 86.5 Å². The predicted molar refractivity (Wildman–Crippen MR) is 60.9 cm³/mol. The number of aryl methyl sites for hydroxylation is 1. The maximum atomic E-state index is 5.40. The van der Waals surface area contributed by atoms with Gasteiger partial charge in [0.2, 0.25) is 0 Å². The highest BCUT2D eigenvalue weighted by atomic mass is 14.9. The van der Waals surface area contributed by atoms with Gasteiger partial charge in [-0.15, -0.1) is 6.42 Å². The van der Waals surface area contributed by atoms with Gasteiger partial charge in [-0.2, -0.15) is 0 Å². The first-order chi connectivity index (χ1) is 6.55. The van der Waals surface area contributed by atoms with E-state index in [0.29, 0.717) is 0 Å². The molecular weight excluding hydrogens is 170 g/mol. The van der Waals surface area contributed by atoms with E-state index in [1.165, 1.54) is 11.1 Å². The van der Waals surface area contributed by atoms with Gasteiger partial charge in [0.05, 0.1) is 5.54 Å². The summed E-state index contributed by atoms with van der Waals surface area (Å²) in [6.07, 6.45) is 5.40. The molecule has 0 bridgehead atoms. The molecule has 0 aromatic heterocycles. The highest BCUT2D eigenvalue weighted by molar-refractivity contribution is 5.25. The molecule has 1 heteroatoms. The molecule has 0 heterocycles. The van der Waals surface area contributed by atoms with E-state index in [0.717, 1.165) is 6.54 Å². The zero-order chi connectivity index (χ0) is 10.6. The molecule has 1 nitrogen and oxygen atoms in total. The van der Waals surface area contributed by atoms with Crippen LogP contribution in [0.4, 0.5) is 0 Å². The monoisotopic (exact) mass is 187 g/mol. The fraction of sp³-hybridized carbons (Fsp3) is 0.385. The summed E-state index contributed by atoms with van der Waals surface area (Å²) in [5, 5.41) is 3.33. The van der Waals surface area contributed by atoms with E-state index in [1.54, 1.807) is 0 Å². The second-order valence-corrected chi connectivity index (χ2v) is 4.05. The summed E-state index contributed by atoms with van der Waals surface area (Å²) in [4.78, 5) is 0. The number of hydrogen-bond donors (Lipinski definition) is 1. The van der Waals surface area contributed by atoms with Crippen molar-refractivity contribution in [1.82, 2.24) is 5.32 Å². The van der Waals surface area contributed by atoms with E-state index in [1.807, 2.05) is 26.0 Å². The highest BCUT2D eigenvalue weighted by Crippen LogP contribution is 2.08. The lowest BCUT2D eigenvalue weighted by Crippen LogP contribution is -2.37. The van der Waals surface area contributed by atoms with E-state index in [4.69, 9.17) is 6.42 Å². The Balaban J connectivity index is 2.64. The smallest absolute Gasteiger partial charge is 0.0743 e. The minimum absolute atomic E-state index is 0.234. The van der Waals surface area contributed by atoms with Crippen molar-refractivity contribution in [2.24, 2.45) is 0 Å². The van der Waals surface area contributed by atoms with Gasteiger partial charge in [-0.3, -0.25) is 5.32 Å². The van der Waals surface area contributed by atoms with E-state index in [9.17, 15) is 0 Å². The summed E-state index contributed by atoms with van der Waals surface area (Å²) < 4.78 is 0. The predicted octanol–water partition coefficient (Wildman–Crippen LogP) is 2.50. The first-order valence-corrected chi connectivity index (χ1v) is 4.82. The minimum atomic E-state index is -0.234. The van der Waals surface area contributed by atoms with Crippen LogP contribution in [0, 0.1) is 19.3 Å². The largest absolute Gasteiger partial charge is 0.297 e. The third-order valence-electron chi connectivity index (χ3n) is 2.34. The second-order valence-electron chi connectivity index (χ2n) is 4.05. The Bertz CT molecular complexity index is 344. The van der Waals surface area contributed by atoms with E-state index in [2.05, 4.69) is 30.3 Å². The van der Waals surface area contributed by atoms with Crippen LogP contribution in [0.3, 0.4) is 0 Å². The first kappa shape index (κ1) is 10.8. The van der Waals surface area contributed by atoms with Gasteiger partial charge in [0, 0.05) is 6.54 Å². The van der Waals surface area contributed by atoms with Crippen LogP contribution >= 0.6 is 0 Å². The summed E-state index contributed by atoms with van der Waals surface area (Å²) in [5.74, 6) is 2.72. The van der Waals surface area contributed by atoms with Gasteiger partial charge in [-0.05, 0) is 31.9 Å². The van der Waals surface area contributed by atoms with Crippen LogP contribution in [0.15, 0.2) is 24.3 Å². The average molecular weight is 187 g/mol. The van der Waals surface area contributed by atoms with Crippen molar-refractivity contribution in [3.63, 3.8) is 0 Å². The third kappa shape index (κ3) is 2.90. The number of benzene rings is 1. The molecule has 0 saturated heterocycles. The number of nitrogens with one attached hydrogen (secondary N) is 1. The quantitative estimate of drug-likeness (QED) is 0.717. The molecule has 0 aliphatic carbocycles. The van der Waals surface area contributed by atoms with Gasteiger partial charge in [-0.1, -0.05) is 30.2 Å². The lowest BCUT2D eigenvalue weighted by Gasteiger charge is -2.20. The molecule has 0 amide bonds. The molecule has 0 unspecified atom stereocenters. The number of terminal acetylenes is 1. The lowest BCUT2D eigenvalue weighted by molar-refractivity contribution is 0.490. The molecule has 1 N–H and O–H groups in total. The molecule has 0 aliphatic rings. The summed E-state index contributed by atoms with van der Waals surface area (Å²) >= 11 is 0. The molecule has 74 valence electrons. The van der Waals surface area contributed by atoms with Crippen molar-refractivity contribution in [2.75, 3.05) is 0 Å². The first-order valence-electron chi connectivity index (χ1n) is 4.82. The standard InChI is InChI=1S/C13H17N/c1-5-13(3,4)14-10-12-9-7-6-8-11(12)2/h1,6-9,14H,10H2,2-4H3. The van der Waals surface area contributed by atoms with Gasteiger partial charge < -0.3 is 0 Å². The van der Waals surface area contributed by atoms with Gasteiger partial charge in [-0.25, -0.2) is 0 Å². The van der Waals surface area contributed by atoms with Gasteiger partial charge in [0.1, 0.15) is 0 Å². The van der Waals surface area contributed by atoms with Crippen LogP contribution < -0.4 is 5.32 Å². The Morgan fingerprint density at radius 2 is 2.00 bits per heavy atom. The normalized spacial score (nSPS) is 11.0. The maximum absolute atomic E-state index is 5.40. The van der Waals surface area contributed by atoms with Crippen LogP contribution in [-0.4, -0.2) is 5.54 Å². The molecule has 0 atom stereocenters. The molecule has 1 aromatic rings. The second kappa shape index (κ2) is 4.30. The highest BCUT2D eigenvalue weighted by Gasteiger charge is 2.12. The van der Waals surface area contributed by atoms with E-state index < -0.39 is 0 Å². The molecule has 0 radical (unpaired) electrons. The Hall–Kier alpha value is -1.26. The fourth-order valence-electron chi connectivity index (χ4n) is 1.18. The zero-order valence-electron chi connectivity index (χ0n) is 9.09. The lowest BCUT2D eigenvalue weighted by atomic mass is 10.0. The summed E-state index contributed by atoms with van der Waals surface area (Å²) in [7, 11) is 0. The Morgan fingerprint density at radius 1 is 1.36 bits per heavy atom. The molecule has 14 heavy (non-hydrogen) atoms. The topological polar surface area (TPSA) is 12.0 Å². The van der Waals surface area contributed by atoms with Crippen LogP contribution in [-0.2, 0) is 6.54 Å². The molecule has 0 saturated carbocycles. The average Bonchev–Trinajstić information content (AvgIpc) is 2.17.